The summed E-state index contributed by atoms with van der Waals surface area (Å²) in [5.41, 5.74) is 1.09. The van der Waals surface area contributed by atoms with Crippen molar-refractivity contribution < 1.29 is 9.53 Å². The van der Waals surface area contributed by atoms with Crippen LogP contribution in [0.2, 0.25) is 0 Å². The number of hydrogen-bond donors (Lipinski definition) is 0. The number of amides is 1. The Kier molecular flexibility index (Phi) is 5.30. The van der Waals surface area contributed by atoms with Gasteiger partial charge >= 0.3 is 0 Å². The zero-order chi connectivity index (χ0) is 15.9. The lowest BCUT2D eigenvalue weighted by molar-refractivity contribution is -0.129. The maximum Gasteiger partial charge on any atom is 0.226 e. The molecule has 0 spiro atoms. The van der Waals surface area contributed by atoms with Crippen molar-refractivity contribution in [2.75, 3.05) is 19.7 Å². The Bertz CT molecular complexity index is 612. The van der Waals surface area contributed by atoms with Gasteiger partial charge in [0.05, 0.1) is 13.0 Å². The molecule has 0 saturated carbocycles. The second-order valence-corrected chi connectivity index (χ2v) is 6.11. The van der Waals surface area contributed by atoms with Crippen LogP contribution in [0.3, 0.4) is 0 Å². The molecule has 1 fully saturated rings. The number of para-hydroxylation sites is 1. The van der Waals surface area contributed by atoms with Crippen LogP contribution >= 0.6 is 0 Å². The molecule has 0 N–H and O–H groups in total. The van der Waals surface area contributed by atoms with Gasteiger partial charge in [-0.3, -0.25) is 4.79 Å². The molecule has 120 valence electrons. The van der Waals surface area contributed by atoms with Crippen molar-refractivity contribution in [2.24, 2.45) is 5.92 Å². The molecule has 3 rings (SSSR count). The summed E-state index contributed by atoms with van der Waals surface area (Å²) in [6.07, 6.45) is 2.59. The molecule has 2 aromatic rings. The molecule has 0 radical (unpaired) electrons. The lowest BCUT2D eigenvalue weighted by atomic mass is 10.1. The molecule has 1 aliphatic heterocycles. The smallest absolute Gasteiger partial charge is 0.226 e. The van der Waals surface area contributed by atoms with Crippen molar-refractivity contribution in [3.63, 3.8) is 0 Å². The summed E-state index contributed by atoms with van der Waals surface area (Å²) < 4.78 is 5.76. The van der Waals surface area contributed by atoms with Crippen LogP contribution in [0, 0.1) is 5.92 Å². The van der Waals surface area contributed by atoms with Crippen LogP contribution in [0.15, 0.2) is 60.7 Å². The van der Waals surface area contributed by atoms with Crippen molar-refractivity contribution in [3.8, 4) is 5.75 Å². The standard InChI is InChI=1S/C20H23NO2/c22-20(15-17-7-3-1-4-8-17)21-13-11-18(16-21)12-14-23-19-9-5-2-6-10-19/h1-10,18H,11-16H2. The SMILES string of the molecule is O=C(Cc1ccccc1)N1CCC(CCOc2ccccc2)C1. The highest BCUT2D eigenvalue weighted by atomic mass is 16.5. The number of carbonyl (C=O) groups excluding carboxylic acids is 1. The van der Waals surface area contributed by atoms with E-state index in [0.29, 0.717) is 12.3 Å². The molecule has 1 aliphatic rings. The van der Waals surface area contributed by atoms with E-state index in [1.54, 1.807) is 0 Å². The quantitative estimate of drug-likeness (QED) is 0.817. The van der Waals surface area contributed by atoms with Crippen LogP contribution in [0.5, 0.6) is 5.75 Å². The molecular weight excluding hydrogens is 286 g/mol. The van der Waals surface area contributed by atoms with Crippen LogP contribution in [0.4, 0.5) is 0 Å². The fraction of sp³-hybridized carbons (Fsp3) is 0.350. The minimum absolute atomic E-state index is 0.239. The van der Waals surface area contributed by atoms with Gasteiger partial charge in [0.1, 0.15) is 5.75 Å². The summed E-state index contributed by atoms with van der Waals surface area (Å²) in [4.78, 5) is 14.4. The molecule has 0 aromatic heterocycles. The van der Waals surface area contributed by atoms with E-state index < -0.39 is 0 Å². The molecule has 1 unspecified atom stereocenters. The second kappa shape index (κ2) is 7.82. The Balaban J connectivity index is 1.40. The third-order valence-corrected chi connectivity index (χ3v) is 4.37. The summed E-state index contributed by atoms with van der Waals surface area (Å²) in [6, 6.07) is 19.9. The first kappa shape index (κ1) is 15.6. The zero-order valence-electron chi connectivity index (χ0n) is 13.4. The van der Waals surface area contributed by atoms with Crippen LogP contribution < -0.4 is 4.74 Å². The number of carbonyl (C=O) groups is 1. The summed E-state index contributed by atoms with van der Waals surface area (Å²) in [5, 5.41) is 0. The molecule has 1 saturated heterocycles. The van der Waals surface area contributed by atoms with Crippen LogP contribution in [0.1, 0.15) is 18.4 Å². The van der Waals surface area contributed by atoms with Crippen LogP contribution in [-0.4, -0.2) is 30.5 Å². The van der Waals surface area contributed by atoms with Crippen molar-refractivity contribution in [1.29, 1.82) is 0 Å². The molecular formula is C20H23NO2. The predicted octanol–water partition coefficient (Wildman–Crippen LogP) is 3.55. The summed E-state index contributed by atoms with van der Waals surface area (Å²) in [7, 11) is 0. The van der Waals surface area contributed by atoms with Gasteiger partial charge in [0.25, 0.3) is 0 Å². The minimum atomic E-state index is 0.239. The van der Waals surface area contributed by atoms with Gasteiger partial charge in [-0.1, -0.05) is 48.5 Å². The molecule has 3 heteroatoms. The second-order valence-electron chi connectivity index (χ2n) is 6.11. The van der Waals surface area contributed by atoms with E-state index >= 15 is 0 Å². The third-order valence-electron chi connectivity index (χ3n) is 4.37. The zero-order valence-corrected chi connectivity index (χ0v) is 13.4. The largest absolute Gasteiger partial charge is 0.494 e. The summed E-state index contributed by atoms with van der Waals surface area (Å²) >= 11 is 0. The van der Waals surface area contributed by atoms with E-state index in [4.69, 9.17) is 4.74 Å². The number of benzene rings is 2. The Hall–Kier alpha value is -2.29. The van der Waals surface area contributed by atoms with Crippen LogP contribution in [-0.2, 0) is 11.2 Å². The normalized spacial score (nSPS) is 17.2. The maximum absolute atomic E-state index is 12.4. The van der Waals surface area contributed by atoms with Crippen LogP contribution in [0.25, 0.3) is 0 Å². The topological polar surface area (TPSA) is 29.5 Å². The predicted molar refractivity (Wildman–Crippen MR) is 91.4 cm³/mol. The van der Waals surface area contributed by atoms with Crippen molar-refractivity contribution >= 4 is 5.91 Å². The monoisotopic (exact) mass is 309 g/mol. The van der Waals surface area contributed by atoms with Gasteiger partial charge < -0.3 is 9.64 Å². The third kappa shape index (κ3) is 4.59. The van der Waals surface area contributed by atoms with Gasteiger partial charge in [0.15, 0.2) is 0 Å². The molecule has 0 aliphatic carbocycles. The molecule has 23 heavy (non-hydrogen) atoms. The average Bonchev–Trinajstić information content (AvgIpc) is 3.06. The molecule has 2 aromatic carbocycles. The molecule has 1 amide bonds. The summed E-state index contributed by atoms with van der Waals surface area (Å²) in [6.45, 7) is 2.46. The number of ether oxygens (including phenoxy) is 1. The van der Waals surface area contributed by atoms with Crippen molar-refractivity contribution in [2.45, 2.75) is 19.3 Å². The Morgan fingerprint density at radius 1 is 1.04 bits per heavy atom. The number of nitrogens with zero attached hydrogens (tertiary/aromatic N) is 1. The van der Waals surface area contributed by atoms with Gasteiger partial charge in [-0.25, -0.2) is 0 Å². The molecule has 1 heterocycles. The molecule has 0 bridgehead atoms. The highest BCUT2D eigenvalue weighted by Crippen LogP contribution is 2.21. The van der Waals surface area contributed by atoms with Gasteiger partial charge in [0.2, 0.25) is 5.91 Å². The van der Waals surface area contributed by atoms with Crippen molar-refractivity contribution in [1.82, 2.24) is 4.90 Å². The van der Waals surface area contributed by atoms with Gasteiger partial charge in [-0.2, -0.15) is 0 Å². The lowest BCUT2D eigenvalue weighted by Crippen LogP contribution is -2.30. The van der Waals surface area contributed by atoms with Gasteiger partial charge in [-0.15, -0.1) is 0 Å². The first-order valence-electron chi connectivity index (χ1n) is 8.31. The summed E-state index contributed by atoms with van der Waals surface area (Å²) in [5.74, 6) is 1.71. The van der Waals surface area contributed by atoms with E-state index in [1.165, 1.54) is 0 Å². The van der Waals surface area contributed by atoms with Crippen molar-refractivity contribution in [3.05, 3.63) is 66.2 Å². The number of hydrogen-bond acceptors (Lipinski definition) is 2. The highest BCUT2D eigenvalue weighted by molar-refractivity contribution is 5.79. The maximum atomic E-state index is 12.4. The van der Waals surface area contributed by atoms with E-state index in [-0.39, 0.29) is 5.91 Å². The molecule has 1 atom stereocenters. The first-order valence-corrected chi connectivity index (χ1v) is 8.31. The Morgan fingerprint density at radius 2 is 1.74 bits per heavy atom. The minimum Gasteiger partial charge on any atom is -0.494 e. The van der Waals surface area contributed by atoms with E-state index in [2.05, 4.69) is 0 Å². The van der Waals surface area contributed by atoms with Gasteiger partial charge in [-0.05, 0) is 36.5 Å². The highest BCUT2D eigenvalue weighted by Gasteiger charge is 2.25. The van der Waals surface area contributed by atoms with E-state index in [1.807, 2.05) is 65.6 Å². The number of rotatable bonds is 6. The fourth-order valence-electron chi connectivity index (χ4n) is 3.04. The van der Waals surface area contributed by atoms with Gasteiger partial charge in [0, 0.05) is 13.1 Å². The lowest BCUT2D eigenvalue weighted by Gasteiger charge is -2.17. The first-order chi connectivity index (χ1) is 11.3. The Labute approximate surface area is 137 Å². The number of likely N-dealkylation sites (tertiary alicyclic amines) is 1. The van der Waals surface area contributed by atoms with E-state index in [0.717, 1.165) is 43.9 Å². The average molecular weight is 309 g/mol. The fourth-order valence-corrected chi connectivity index (χ4v) is 3.04. The Morgan fingerprint density at radius 3 is 2.48 bits per heavy atom. The molecule has 3 nitrogen and oxygen atoms in total. The van der Waals surface area contributed by atoms with E-state index in [9.17, 15) is 4.79 Å².